The summed E-state index contributed by atoms with van der Waals surface area (Å²) in [6.45, 7) is 4.91. The van der Waals surface area contributed by atoms with Crippen molar-refractivity contribution in [3.05, 3.63) is 0 Å². The van der Waals surface area contributed by atoms with Crippen LogP contribution in [0.5, 0.6) is 0 Å². The standard InChI is InChI=1S/C17H27F2N3O6/c1-5-28-16(27)17(18,19)14(25)10(2)21-15(26)13(22-12(4)24)8-6-7-9-20-11(3)23/h10,13H,5-9H2,1-4H3,(H,20,23)(H,21,26)(H,22,24)/t10-,13+/m1/s1. The van der Waals surface area contributed by atoms with Gasteiger partial charge in [-0.1, -0.05) is 0 Å². The van der Waals surface area contributed by atoms with Gasteiger partial charge in [0.05, 0.1) is 12.6 Å². The van der Waals surface area contributed by atoms with Gasteiger partial charge in [0.25, 0.3) is 0 Å². The van der Waals surface area contributed by atoms with Gasteiger partial charge in [0, 0.05) is 20.4 Å². The Balaban J connectivity index is 4.86. The summed E-state index contributed by atoms with van der Waals surface area (Å²) in [5, 5.41) is 7.04. The van der Waals surface area contributed by atoms with Crippen molar-refractivity contribution in [1.82, 2.24) is 16.0 Å². The van der Waals surface area contributed by atoms with Crippen LogP contribution in [0.4, 0.5) is 8.78 Å². The summed E-state index contributed by atoms with van der Waals surface area (Å²) >= 11 is 0. The fourth-order valence-electron chi connectivity index (χ4n) is 2.23. The lowest BCUT2D eigenvalue weighted by atomic mass is 10.1. The van der Waals surface area contributed by atoms with Gasteiger partial charge in [0.2, 0.25) is 23.5 Å². The molecule has 9 nitrogen and oxygen atoms in total. The van der Waals surface area contributed by atoms with Crippen LogP contribution in [0.3, 0.4) is 0 Å². The molecule has 0 aliphatic rings. The third-order valence-electron chi connectivity index (χ3n) is 3.58. The van der Waals surface area contributed by atoms with Crippen molar-refractivity contribution in [3.8, 4) is 0 Å². The number of carbonyl (C=O) groups is 5. The van der Waals surface area contributed by atoms with Gasteiger partial charge in [-0.3, -0.25) is 19.2 Å². The van der Waals surface area contributed by atoms with Crippen molar-refractivity contribution in [1.29, 1.82) is 0 Å². The summed E-state index contributed by atoms with van der Waals surface area (Å²) in [4.78, 5) is 57.4. The van der Waals surface area contributed by atoms with E-state index < -0.39 is 41.6 Å². The molecule has 0 aliphatic heterocycles. The number of amides is 3. The molecular weight excluding hydrogens is 380 g/mol. The number of alkyl halides is 2. The highest BCUT2D eigenvalue weighted by molar-refractivity contribution is 6.08. The molecule has 0 bridgehead atoms. The van der Waals surface area contributed by atoms with Crippen molar-refractivity contribution < 1.29 is 37.5 Å². The van der Waals surface area contributed by atoms with E-state index >= 15 is 0 Å². The molecular formula is C17H27F2N3O6. The van der Waals surface area contributed by atoms with Crippen LogP contribution in [0, 0.1) is 0 Å². The maximum Gasteiger partial charge on any atom is 0.401 e. The van der Waals surface area contributed by atoms with Crippen LogP contribution in [0.15, 0.2) is 0 Å². The lowest BCUT2D eigenvalue weighted by molar-refractivity contribution is -0.177. The molecule has 28 heavy (non-hydrogen) atoms. The molecule has 0 aliphatic carbocycles. The number of ether oxygens (including phenoxy) is 1. The number of hydrogen-bond acceptors (Lipinski definition) is 6. The molecule has 0 rings (SSSR count). The van der Waals surface area contributed by atoms with Crippen LogP contribution in [0.2, 0.25) is 0 Å². The molecule has 0 fully saturated rings. The first-order chi connectivity index (χ1) is 12.9. The van der Waals surface area contributed by atoms with Crippen LogP contribution < -0.4 is 16.0 Å². The number of esters is 1. The Morgan fingerprint density at radius 1 is 1.00 bits per heavy atom. The fourth-order valence-corrected chi connectivity index (χ4v) is 2.23. The Bertz CT molecular complexity index is 597. The smallest absolute Gasteiger partial charge is 0.401 e. The lowest BCUT2D eigenvalue weighted by Gasteiger charge is -2.22. The Kier molecular flexibility index (Phi) is 10.9. The van der Waals surface area contributed by atoms with Gasteiger partial charge < -0.3 is 20.7 Å². The van der Waals surface area contributed by atoms with Crippen LogP contribution in [-0.2, 0) is 28.7 Å². The number of ketones is 1. The Labute approximate surface area is 161 Å². The van der Waals surface area contributed by atoms with E-state index in [2.05, 4.69) is 20.7 Å². The summed E-state index contributed by atoms with van der Waals surface area (Å²) in [6.07, 6.45) is 1.14. The van der Waals surface area contributed by atoms with E-state index in [1.54, 1.807) is 0 Å². The first-order valence-electron chi connectivity index (χ1n) is 8.84. The Morgan fingerprint density at radius 3 is 2.11 bits per heavy atom. The molecule has 3 amide bonds. The van der Waals surface area contributed by atoms with Crippen molar-refractivity contribution in [2.45, 2.75) is 65.0 Å². The fraction of sp³-hybridized carbons (Fsp3) is 0.706. The molecule has 160 valence electrons. The van der Waals surface area contributed by atoms with Crippen molar-refractivity contribution >= 4 is 29.5 Å². The quantitative estimate of drug-likeness (QED) is 0.238. The highest BCUT2D eigenvalue weighted by Crippen LogP contribution is 2.19. The molecule has 11 heteroatoms. The Hall–Kier alpha value is -2.59. The average molecular weight is 407 g/mol. The molecule has 0 unspecified atom stereocenters. The van der Waals surface area contributed by atoms with E-state index in [1.807, 2.05) is 0 Å². The maximum absolute atomic E-state index is 13.8. The van der Waals surface area contributed by atoms with Crippen molar-refractivity contribution in [3.63, 3.8) is 0 Å². The van der Waals surface area contributed by atoms with Gasteiger partial charge in [-0.25, -0.2) is 4.79 Å². The van der Waals surface area contributed by atoms with Crippen LogP contribution in [0.1, 0.15) is 47.0 Å². The number of hydrogen-bond donors (Lipinski definition) is 3. The predicted molar refractivity (Wildman–Crippen MR) is 94.3 cm³/mol. The van der Waals surface area contributed by atoms with Crippen molar-refractivity contribution in [2.24, 2.45) is 0 Å². The molecule has 0 aromatic rings. The molecule has 2 atom stereocenters. The zero-order valence-corrected chi connectivity index (χ0v) is 16.4. The predicted octanol–water partition coefficient (Wildman–Crippen LogP) is 0.0697. The first-order valence-corrected chi connectivity index (χ1v) is 8.84. The number of rotatable bonds is 12. The zero-order chi connectivity index (χ0) is 21.9. The second-order valence-corrected chi connectivity index (χ2v) is 6.12. The van der Waals surface area contributed by atoms with E-state index in [9.17, 15) is 32.8 Å². The van der Waals surface area contributed by atoms with Crippen molar-refractivity contribution in [2.75, 3.05) is 13.2 Å². The van der Waals surface area contributed by atoms with E-state index in [0.717, 1.165) is 6.92 Å². The minimum Gasteiger partial charge on any atom is -0.461 e. The van der Waals surface area contributed by atoms with Crippen LogP contribution in [-0.4, -0.2) is 60.6 Å². The molecule has 0 saturated heterocycles. The normalized spacial score (nSPS) is 13.1. The summed E-state index contributed by atoms with van der Waals surface area (Å²) in [6, 6.07) is -2.73. The molecule has 3 N–H and O–H groups in total. The highest BCUT2D eigenvalue weighted by Gasteiger charge is 2.51. The molecule has 0 spiro atoms. The SMILES string of the molecule is CCOC(=O)C(F)(F)C(=O)[C@@H](C)NC(=O)[C@H](CCCCNC(C)=O)NC(C)=O. The summed E-state index contributed by atoms with van der Waals surface area (Å²) in [7, 11) is 0. The van der Waals surface area contributed by atoms with Gasteiger partial charge in [-0.05, 0) is 33.1 Å². The van der Waals surface area contributed by atoms with Gasteiger partial charge in [-0.2, -0.15) is 8.78 Å². The topological polar surface area (TPSA) is 131 Å². The number of carbonyl (C=O) groups excluding carboxylic acids is 5. The lowest BCUT2D eigenvalue weighted by Crippen LogP contribution is -2.54. The van der Waals surface area contributed by atoms with Crippen LogP contribution >= 0.6 is 0 Å². The summed E-state index contributed by atoms with van der Waals surface area (Å²) < 4.78 is 31.7. The molecule has 0 saturated carbocycles. The van der Waals surface area contributed by atoms with E-state index in [0.29, 0.717) is 19.4 Å². The molecule has 0 radical (unpaired) electrons. The van der Waals surface area contributed by atoms with Gasteiger partial charge in [-0.15, -0.1) is 0 Å². The van der Waals surface area contributed by atoms with Crippen LogP contribution in [0.25, 0.3) is 0 Å². The van der Waals surface area contributed by atoms with E-state index in [-0.39, 0.29) is 18.9 Å². The monoisotopic (exact) mass is 407 g/mol. The largest absolute Gasteiger partial charge is 0.461 e. The zero-order valence-electron chi connectivity index (χ0n) is 16.4. The third kappa shape index (κ3) is 8.87. The molecule has 0 heterocycles. The summed E-state index contributed by atoms with van der Waals surface area (Å²) in [5.41, 5.74) is 0. The number of unbranched alkanes of at least 4 members (excludes halogenated alkanes) is 1. The number of Topliss-reactive ketones (excluding diaryl/α,β-unsaturated/α-hetero) is 1. The van der Waals surface area contributed by atoms with Gasteiger partial charge in [0.1, 0.15) is 6.04 Å². The minimum atomic E-state index is -4.40. The third-order valence-corrected chi connectivity index (χ3v) is 3.58. The minimum absolute atomic E-state index is 0.167. The average Bonchev–Trinajstić information content (AvgIpc) is 2.59. The first kappa shape index (κ1) is 25.4. The second kappa shape index (κ2) is 12.0. The summed E-state index contributed by atoms with van der Waals surface area (Å²) in [5.74, 6) is -9.76. The van der Waals surface area contributed by atoms with Gasteiger partial charge in [0.15, 0.2) is 0 Å². The molecule has 0 aromatic carbocycles. The van der Waals surface area contributed by atoms with Gasteiger partial charge >= 0.3 is 11.9 Å². The maximum atomic E-state index is 13.8. The number of halogens is 2. The Morgan fingerprint density at radius 2 is 1.61 bits per heavy atom. The highest BCUT2D eigenvalue weighted by atomic mass is 19.3. The van der Waals surface area contributed by atoms with E-state index in [1.165, 1.54) is 20.8 Å². The second-order valence-electron chi connectivity index (χ2n) is 6.12. The molecule has 0 aromatic heterocycles. The number of nitrogens with one attached hydrogen (secondary N) is 3. The van der Waals surface area contributed by atoms with E-state index in [4.69, 9.17) is 0 Å².